The molecule has 0 spiro atoms. The molecule has 1 aromatic carbocycles. The average Bonchev–Trinajstić information content (AvgIpc) is 3.40. The molecular weight excluding hydrogens is 360 g/mol. The summed E-state index contributed by atoms with van der Waals surface area (Å²) in [4.78, 5) is 14.6. The smallest absolute Gasteiger partial charge is 0.0926 e. The fraction of sp³-hybridized carbons (Fsp3) is 0.261. The fourth-order valence-electron chi connectivity index (χ4n) is 4.10. The summed E-state index contributed by atoms with van der Waals surface area (Å²) < 4.78 is 1.97. The van der Waals surface area contributed by atoms with Crippen molar-refractivity contribution in [2.24, 2.45) is 0 Å². The first-order chi connectivity index (χ1) is 14.2. The molecule has 0 unspecified atom stereocenters. The van der Waals surface area contributed by atoms with E-state index in [-0.39, 0.29) is 6.04 Å². The summed E-state index contributed by atoms with van der Waals surface area (Å²) >= 11 is 0. The molecule has 0 radical (unpaired) electrons. The van der Waals surface area contributed by atoms with Crippen LogP contribution in [0.3, 0.4) is 0 Å². The van der Waals surface area contributed by atoms with E-state index < -0.39 is 0 Å². The minimum absolute atomic E-state index is 0.123. The molecule has 1 N–H and O–H groups in total. The van der Waals surface area contributed by atoms with E-state index in [4.69, 9.17) is 0 Å². The number of rotatable bonds is 4. The van der Waals surface area contributed by atoms with E-state index in [9.17, 15) is 0 Å². The first-order valence-corrected chi connectivity index (χ1v) is 9.96. The van der Waals surface area contributed by atoms with Gasteiger partial charge < -0.3 is 4.98 Å². The number of aryl methyl sites for hydroxylation is 2. The molecule has 3 aromatic heterocycles. The van der Waals surface area contributed by atoms with Crippen molar-refractivity contribution in [3.8, 4) is 5.69 Å². The van der Waals surface area contributed by atoms with Crippen molar-refractivity contribution in [1.29, 1.82) is 0 Å². The Kier molecular flexibility index (Phi) is 4.48. The van der Waals surface area contributed by atoms with Crippen LogP contribution in [0.1, 0.15) is 39.7 Å². The number of nitrogens with zero attached hydrogens (tertiary/aromatic N) is 5. The molecular formula is C23H24N6. The summed E-state index contributed by atoms with van der Waals surface area (Å²) in [6.45, 7) is 6.06. The van der Waals surface area contributed by atoms with Crippen molar-refractivity contribution in [3.63, 3.8) is 0 Å². The zero-order valence-electron chi connectivity index (χ0n) is 16.7. The van der Waals surface area contributed by atoms with Crippen molar-refractivity contribution < 1.29 is 0 Å². The number of H-pyrrole nitrogens is 1. The van der Waals surface area contributed by atoms with Gasteiger partial charge in [0.15, 0.2) is 0 Å². The monoisotopic (exact) mass is 384 g/mol. The number of aromatic amines is 1. The van der Waals surface area contributed by atoms with E-state index in [0.29, 0.717) is 0 Å². The third kappa shape index (κ3) is 3.36. The Bertz CT molecular complexity index is 1130. The van der Waals surface area contributed by atoms with Crippen LogP contribution in [-0.2, 0) is 13.0 Å². The fourth-order valence-corrected chi connectivity index (χ4v) is 4.10. The van der Waals surface area contributed by atoms with E-state index in [1.165, 1.54) is 27.9 Å². The van der Waals surface area contributed by atoms with E-state index in [2.05, 4.69) is 75.3 Å². The highest BCUT2D eigenvalue weighted by molar-refractivity contribution is 5.39. The number of nitrogens with one attached hydrogen (secondary N) is 1. The normalized spacial score (nSPS) is 16.7. The summed E-state index contributed by atoms with van der Waals surface area (Å²) in [5.74, 6) is 0. The third-order valence-corrected chi connectivity index (χ3v) is 5.82. The molecule has 0 fully saturated rings. The highest BCUT2D eigenvalue weighted by atomic mass is 15.3. The molecule has 0 saturated heterocycles. The minimum atomic E-state index is 0.123. The number of imidazole rings is 1. The molecule has 0 saturated carbocycles. The van der Waals surface area contributed by atoms with E-state index >= 15 is 0 Å². The second kappa shape index (κ2) is 7.29. The topological polar surface area (TPSA) is 62.6 Å². The number of hydrogen-bond acceptors (Lipinski definition) is 4. The van der Waals surface area contributed by atoms with Crippen LogP contribution < -0.4 is 0 Å². The predicted octanol–water partition coefficient (Wildman–Crippen LogP) is 3.75. The lowest BCUT2D eigenvalue weighted by Crippen LogP contribution is -2.35. The van der Waals surface area contributed by atoms with Crippen LogP contribution in [0.15, 0.2) is 61.4 Å². The molecule has 6 heteroatoms. The SMILES string of the molecule is Cc1ccc(-n2cc(CN3CCc4[nH]cnc4[C@H]3c3ccncc3)cn2)cc1C. The largest absolute Gasteiger partial charge is 0.348 e. The summed E-state index contributed by atoms with van der Waals surface area (Å²) in [5.41, 5.74) is 8.43. The second-order valence-corrected chi connectivity index (χ2v) is 7.73. The van der Waals surface area contributed by atoms with Gasteiger partial charge in [0.05, 0.1) is 29.9 Å². The predicted molar refractivity (Wildman–Crippen MR) is 112 cm³/mol. The lowest BCUT2D eigenvalue weighted by atomic mass is 9.96. The molecule has 1 aliphatic heterocycles. The highest BCUT2D eigenvalue weighted by Crippen LogP contribution is 2.34. The number of aromatic nitrogens is 5. The zero-order chi connectivity index (χ0) is 19.8. The first kappa shape index (κ1) is 17.8. The first-order valence-electron chi connectivity index (χ1n) is 9.96. The van der Waals surface area contributed by atoms with Crippen LogP contribution in [0, 0.1) is 13.8 Å². The van der Waals surface area contributed by atoms with Gasteiger partial charge in [0.2, 0.25) is 0 Å². The lowest BCUT2D eigenvalue weighted by Gasteiger charge is -2.34. The van der Waals surface area contributed by atoms with Crippen LogP contribution in [-0.4, -0.2) is 36.2 Å². The molecule has 4 aromatic rings. The van der Waals surface area contributed by atoms with Gasteiger partial charge in [-0.25, -0.2) is 9.67 Å². The molecule has 146 valence electrons. The number of fused-ring (bicyclic) bond motifs is 1. The molecule has 4 heterocycles. The molecule has 0 aliphatic carbocycles. The molecule has 6 nitrogen and oxygen atoms in total. The lowest BCUT2D eigenvalue weighted by molar-refractivity contribution is 0.200. The van der Waals surface area contributed by atoms with Crippen molar-refractivity contribution >= 4 is 0 Å². The molecule has 1 aliphatic rings. The van der Waals surface area contributed by atoms with Crippen LogP contribution in [0.5, 0.6) is 0 Å². The van der Waals surface area contributed by atoms with E-state index in [1.54, 1.807) is 6.33 Å². The molecule has 0 amide bonds. The van der Waals surface area contributed by atoms with Gasteiger partial charge in [0.25, 0.3) is 0 Å². The Morgan fingerprint density at radius 2 is 1.97 bits per heavy atom. The van der Waals surface area contributed by atoms with Gasteiger partial charge in [0.1, 0.15) is 0 Å². The molecule has 1 atom stereocenters. The van der Waals surface area contributed by atoms with Gasteiger partial charge in [0, 0.05) is 49.4 Å². The Morgan fingerprint density at radius 3 is 2.79 bits per heavy atom. The maximum Gasteiger partial charge on any atom is 0.0926 e. The van der Waals surface area contributed by atoms with Crippen molar-refractivity contribution in [2.75, 3.05) is 6.54 Å². The summed E-state index contributed by atoms with van der Waals surface area (Å²) in [6.07, 6.45) is 10.6. The van der Waals surface area contributed by atoms with Gasteiger partial charge >= 0.3 is 0 Å². The quantitative estimate of drug-likeness (QED) is 0.582. The summed E-state index contributed by atoms with van der Waals surface area (Å²) in [5, 5.41) is 4.61. The maximum atomic E-state index is 4.64. The third-order valence-electron chi connectivity index (χ3n) is 5.82. The van der Waals surface area contributed by atoms with Crippen LogP contribution in [0.25, 0.3) is 5.69 Å². The van der Waals surface area contributed by atoms with Gasteiger partial charge in [-0.2, -0.15) is 5.10 Å². The van der Waals surface area contributed by atoms with Gasteiger partial charge in [-0.1, -0.05) is 6.07 Å². The standard InChI is InChI=1S/C23H24N6/c1-16-3-4-20(11-17(16)2)29-14-18(12-27-29)13-28-10-7-21-22(26-15-25-21)23(28)19-5-8-24-9-6-19/h3-6,8-9,11-12,14-15,23H,7,10,13H2,1-2H3,(H,25,26)/t23-/m1/s1. The van der Waals surface area contributed by atoms with Crippen LogP contribution >= 0.6 is 0 Å². The van der Waals surface area contributed by atoms with Crippen molar-refractivity contribution in [3.05, 3.63) is 95.1 Å². The Hall–Kier alpha value is -3.25. The average molecular weight is 384 g/mol. The van der Waals surface area contributed by atoms with Gasteiger partial charge in [-0.3, -0.25) is 9.88 Å². The van der Waals surface area contributed by atoms with Crippen LogP contribution in [0.4, 0.5) is 0 Å². The summed E-state index contributed by atoms with van der Waals surface area (Å²) in [6, 6.07) is 10.7. The van der Waals surface area contributed by atoms with Crippen molar-refractivity contribution in [1.82, 2.24) is 29.6 Å². The summed E-state index contributed by atoms with van der Waals surface area (Å²) in [7, 11) is 0. The van der Waals surface area contributed by atoms with E-state index in [0.717, 1.165) is 30.9 Å². The second-order valence-electron chi connectivity index (χ2n) is 7.73. The number of pyridine rings is 1. The van der Waals surface area contributed by atoms with Crippen molar-refractivity contribution in [2.45, 2.75) is 32.9 Å². The Morgan fingerprint density at radius 1 is 1.10 bits per heavy atom. The minimum Gasteiger partial charge on any atom is -0.348 e. The Balaban J connectivity index is 1.44. The maximum absolute atomic E-state index is 4.64. The molecule has 29 heavy (non-hydrogen) atoms. The van der Waals surface area contributed by atoms with Gasteiger partial charge in [-0.05, 0) is 54.8 Å². The van der Waals surface area contributed by atoms with Gasteiger partial charge in [-0.15, -0.1) is 0 Å². The van der Waals surface area contributed by atoms with E-state index in [1.807, 2.05) is 23.3 Å². The molecule has 5 rings (SSSR count). The Labute approximate surface area is 170 Å². The zero-order valence-corrected chi connectivity index (χ0v) is 16.7. The van der Waals surface area contributed by atoms with Crippen LogP contribution in [0.2, 0.25) is 0 Å². The highest BCUT2D eigenvalue weighted by Gasteiger charge is 2.31. The number of benzene rings is 1. The number of hydrogen-bond donors (Lipinski definition) is 1. The molecule has 0 bridgehead atoms.